The predicted octanol–water partition coefficient (Wildman–Crippen LogP) is 2.68. The van der Waals surface area contributed by atoms with Crippen molar-refractivity contribution in [2.75, 3.05) is 12.8 Å². The van der Waals surface area contributed by atoms with Gasteiger partial charge in [0.1, 0.15) is 5.82 Å². The lowest BCUT2D eigenvalue weighted by Gasteiger charge is -2.14. The second-order valence-corrected chi connectivity index (χ2v) is 4.55. The van der Waals surface area contributed by atoms with Crippen molar-refractivity contribution in [2.24, 2.45) is 0 Å². The van der Waals surface area contributed by atoms with Crippen LogP contribution < -0.4 is 5.73 Å². The van der Waals surface area contributed by atoms with Crippen LogP contribution in [0.15, 0.2) is 28.8 Å². The second-order valence-electron chi connectivity index (χ2n) is 4.14. The minimum atomic E-state index is -0.411. The van der Waals surface area contributed by atoms with Crippen molar-refractivity contribution in [2.45, 2.75) is 13.1 Å². The molecule has 0 saturated heterocycles. The van der Waals surface area contributed by atoms with Gasteiger partial charge in [-0.2, -0.15) is 0 Å². The number of aromatic nitrogens is 1. The van der Waals surface area contributed by atoms with E-state index in [1.54, 1.807) is 18.2 Å². The van der Waals surface area contributed by atoms with Crippen molar-refractivity contribution in [1.29, 1.82) is 0 Å². The Balaban J connectivity index is 1.98. The van der Waals surface area contributed by atoms with Gasteiger partial charge in [0, 0.05) is 12.6 Å². The van der Waals surface area contributed by atoms with Crippen molar-refractivity contribution >= 4 is 17.4 Å². The molecule has 1 aromatic heterocycles. The maximum absolute atomic E-state index is 13.0. The van der Waals surface area contributed by atoms with Crippen LogP contribution in [0.5, 0.6) is 0 Å². The van der Waals surface area contributed by atoms with Gasteiger partial charge in [0.05, 0.1) is 11.6 Å². The molecule has 4 nitrogen and oxygen atoms in total. The minimum Gasteiger partial charge on any atom is -0.381 e. The summed E-state index contributed by atoms with van der Waals surface area (Å²) in [5.74, 6) is 0.637. The molecule has 0 aliphatic heterocycles. The molecule has 0 aliphatic carbocycles. The molecule has 0 unspecified atom stereocenters. The van der Waals surface area contributed by atoms with Crippen LogP contribution >= 0.6 is 11.6 Å². The van der Waals surface area contributed by atoms with Gasteiger partial charge >= 0.3 is 0 Å². The topological polar surface area (TPSA) is 55.3 Å². The van der Waals surface area contributed by atoms with Gasteiger partial charge in [-0.3, -0.25) is 4.90 Å². The molecule has 0 saturated carbocycles. The highest BCUT2D eigenvalue weighted by Gasteiger charge is 2.08. The molecule has 0 radical (unpaired) electrons. The third-order valence-corrected chi connectivity index (χ3v) is 2.73. The fourth-order valence-electron chi connectivity index (χ4n) is 1.68. The molecule has 1 aromatic carbocycles. The van der Waals surface area contributed by atoms with E-state index >= 15 is 0 Å². The van der Waals surface area contributed by atoms with E-state index in [-0.39, 0.29) is 5.02 Å². The zero-order chi connectivity index (χ0) is 13.1. The Morgan fingerprint density at radius 2 is 2.17 bits per heavy atom. The normalized spacial score (nSPS) is 11.1. The molecule has 0 spiro atoms. The van der Waals surface area contributed by atoms with E-state index in [0.29, 0.717) is 24.7 Å². The smallest absolute Gasteiger partial charge is 0.167 e. The number of hydrogen-bond acceptors (Lipinski definition) is 4. The first-order valence-corrected chi connectivity index (χ1v) is 5.76. The van der Waals surface area contributed by atoms with Gasteiger partial charge < -0.3 is 10.3 Å². The Morgan fingerprint density at radius 3 is 2.78 bits per heavy atom. The van der Waals surface area contributed by atoms with Crippen LogP contribution in [0.1, 0.15) is 11.3 Å². The van der Waals surface area contributed by atoms with Crippen LogP contribution in [0, 0.1) is 5.82 Å². The van der Waals surface area contributed by atoms with Gasteiger partial charge in [-0.05, 0) is 24.7 Å². The van der Waals surface area contributed by atoms with E-state index in [2.05, 4.69) is 5.16 Å². The summed E-state index contributed by atoms with van der Waals surface area (Å²) in [6, 6.07) is 6.35. The number of hydrogen-bond donors (Lipinski definition) is 1. The van der Waals surface area contributed by atoms with Crippen LogP contribution in [0.2, 0.25) is 5.02 Å². The van der Waals surface area contributed by atoms with E-state index in [4.69, 9.17) is 21.9 Å². The van der Waals surface area contributed by atoms with Crippen LogP contribution in [0.25, 0.3) is 0 Å². The number of nitrogens with two attached hydrogens (primary N) is 1. The number of nitrogen functional groups attached to an aromatic ring is 1. The Hall–Kier alpha value is -1.59. The van der Waals surface area contributed by atoms with Crippen molar-refractivity contribution in [1.82, 2.24) is 10.1 Å². The number of nitrogens with zero attached hydrogens (tertiary/aromatic N) is 2. The highest BCUT2D eigenvalue weighted by atomic mass is 35.5. The first-order valence-electron chi connectivity index (χ1n) is 5.38. The number of halogens is 2. The summed E-state index contributed by atoms with van der Waals surface area (Å²) in [7, 11) is 1.91. The van der Waals surface area contributed by atoms with E-state index in [0.717, 1.165) is 5.56 Å². The summed E-state index contributed by atoms with van der Waals surface area (Å²) >= 11 is 5.72. The minimum absolute atomic E-state index is 0.129. The average Bonchev–Trinajstić information content (AvgIpc) is 2.69. The molecule has 0 atom stereocenters. The number of anilines is 1. The van der Waals surface area contributed by atoms with Gasteiger partial charge in [0.25, 0.3) is 0 Å². The van der Waals surface area contributed by atoms with Gasteiger partial charge in [-0.1, -0.05) is 22.8 Å². The lowest BCUT2D eigenvalue weighted by atomic mass is 10.2. The Bertz CT molecular complexity index is 544. The van der Waals surface area contributed by atoms with Gasteiger partial charge in [-0.15, -0.1) is 0 Å². The summed E-state index contributed by atoms with van der Waals surface area (Å²) < 4.78 is 18.0. The van der Waals surface area contributed by atoms with E-state index < -0.39 is 5.82 Å². The third kappa shape index (κ3) is 3.21. The first-order chi connectivity index (χ1) is 8.54. The fourth-order valence-corrected chi connectivity index (χ4v) is 1.88. The van der Waals surface area contributed by atoms with E-state index in [9.17, 15) is 4.39 Å². The maximum atomic E-state index is 13.0. The molecule has 0 bridgehead atoms. The maximum Gasteiger partial charge on any atom is 0.167 e. The molecular formula is C12H13ClFN3O. The Morgan fingerprint density at radius 1 is 1.39 bits per heavy atom. The highest BCUT2D eigenvalue weighted by Crippen LogP contribution is 2.17. The Kier molecular flexibility index (Phi) is 3.84. The van der Waals surface area contributed by atoms with Crippen molar-refractivity contribution in [3.05, 3.63) is 46.4 Å². The molecule has 0 fully saturated rings. The van der Waals surface area contributed by atoms with Gasteiger partial charge in [-0.25, -0.2) is 4.39 Å². The first kappa shape index (κ1) is 12.9. The molecule has 2 rings (SSSR count). The fraction of sp³-hybridized carbons (Fsp3) is 0.250. The average molecular weight is 270 g/mol. The summed E-state index contributed by atoms with van der Waals surface area (Å²) in [6.45, 7) is 1.19. The lowest BCUT2D eigenvalue weighted by Crippen LogP contribution is -2.16. The Labute approximate surface area is 109 Å². The SMILES string of the molecule is CN(Cc1ccc(F)c(Cl)c1)Cc1cc(N)no1. The van der Waals surface area contributed by atoms with Crippen LogP contribution in [-0.2, 0) is 13.1 Å². The van der Waals surface area contributed by atoms with Crippen LogP contribution in [-0.4, -0.2) is 17.1 Å². The summed E-state index contributed by atoms with van der Waals surface area (Å²) in [5.41, 5.74) is 6.39. The summed E-state index contributed by atoms with van der Waals surface area (Å²) in [5, 5.41) is 3.74. The zero-order valence-corrected chi connectivity index (χ0v) is 10.6. The van der Waals surface area contributed by atoms with Crippen LogP contribution in [0.3, 0.4) is 0 Å². The van der Waals surface area contributed by atoms with Crippen molar-refractivity contribution in [3.8, 4) is 0 Å². The quantitative estimate of drug-likeness (QED) is 0.927. The van der Waals surface area contributed by atoms with Gasteiger partial charge in [0.2, 0.25) is 0 Å². The molecule has 0 amide bonds. The molecule has 0 aliphatic rings. The van der Waals surface area contributed by atoms with Crippen LogP contribution in [0.4, 0.5) is 10.2 Å². The second kappa shape index (κ2) is 5.37. The summed E-state index contributed by atoms with van der Waals surface area (Å²) in [4.78, 5) is 1.99. The van der Waals surface area contributed by atoms with Gasteiger partial charge in [0.15, 0.2) is 11.6 Å². The standard InChI is InChI=1S/C12H13ClFN3O/c1-17(7-9-5-12(15)16-18-9)6-8-2-3-11(14)10(13)4-8/h2-5H,6-7H2,1H3,(H2,15,16). The molecule has 96 valence electrons. The summed E-state index contributed by atoms with van der Waals surface area (Å²) in [6.07, 6.45) is 0. The molecule has 6 heteroatoms. The lowest BCUT2D eigenvalue weighted by molar-refractivity contribution is 0.267. The molecular weight excluding hydrogens is 257 g/mol. The van der Waals surface area contributed by atoms with E-state index in [1.807, 2.05) is 11.9 Å². The highest BCUT2D eigenvalue weighted by molar-refractivity contribution is 6.30. The third-order valence-electron chi connectivity index (χ3n) is 2.44. The van der Waals surface area contributed by atoms with Crippen molar-refractivity contribution in [3.63, 3.8) is 0 Å². The van der Waals surface area contributed by atoms with Crippen molar-refractivity contribution < 1.29 is 8.91 Å². The number of benzene rings is 1. The molecule has 2 N–H and O–H groups in total. The molecule has 18 heavy (non-hydrogen) atoms. The molecule has 1 heterocycles. The number of rotatable bonds is 4. The predicted molar refractivity (Wildman–Crippen MR) is 67.5 cm³/mol. The zero-order valence-electron chi connectivity index (χ0n) is 9.86. The largest absolute Gasteiger partial charge is 0.381 e. The molecule has 2 aromatic rings. The van der Waals surface area contributed by atoms with E-state index in [1.165, 1.54) is 6.07 Å². The monoisotopic (exact) mass is 269 g/mol.